The zero-order valence-corrected chi connectivity index (χ0v) is 13.5. The van der Waals surface area contributed by atoms with Crippen molar-refractivity contribution in [3.05, 3.63) is 47.5 Å². The van der Waals surface area contributed by atoms with Gasteiger partial charge in [0, 0.05) is 25.0 Å². The Morgan fingerprint density at radius 2 is 1.04 bits per heavy atom. The van der Waals surface area contributed by atoms with Crippen molar-refractivity contribution in [3.63, 3.8) is 0 Å². The third-order valence-corrected chi connectivity index (χ3v) is 3.21. The van der Waals surface area contributed by atoms with Gasteiger partial charge in [0.15, 0.2) is 11.6 Å². The quantitative estimate of drug-likeness (QED) is 0.638. The monoisotopic (exact) mass is 332 g/mol. The Bertz CT molecular complexity index is 673. The van der Waals surface area contributed by atoms with Crippen LogP contribution in [0.25, 0.3) is 0 Å². The van der Waals surface area contributed by atoms with E-state index in [-0.39, 0.29) is 45.7 Å². The molecule has 0 amide bonds. The molecule has 128 valence electrons. The van der Waals surface area contributed by atoms with Crippen LogP contribution in [0.1, 0.15) is 47.4 Å². The molecule has 6 heteroatoms. The van der Waals surface area contributed by atoms with E-state index >= 15 is 0 Å². The maximum absolute atomic E-state index is 11.1. The summed E-state index contributed by atoms with van der Waals surface area (Å²) in [5.74, 6) is -0.677. The number of phenolic OH excluding ortho intramolecular Hbond substituents is 4. The van der Waals surface area contributed by atoms with Crippen molar-refractivity contribution in [2.75, 3.05) is 0 Å². The number of carbonyl (C=O) groups is 2. The Balaban J connectivity index is 0.000000240. The van der Waals surface area contributed by atoms with Crippen LogP contribution in [0.5, 0.6) is 23.0 Å². The molecule has 24 heavy (non-hydrogen) atoms. The lowest BCUT2D eigenvalue weighted by Gasteiger charge is -2.01. The highest BCUT2D eigenvalue weighted by atomic mass is 16.3. The van der Waals surface area contributed by atoms with Crippen molar-refractivity contribution in [1.29, 1.82) is 0 Å². The largest absolute Gasteiger partial charge is 0.508 e. The second kappa shape index (κ2) is 8.57. The van der Waals surface area contributed by atoms with E-state index < -0.39 is 0 Å². The Kier molecular flexibility index (Phi) is 6.79. The average molecular weight is 332 g/mol. The number of ketones is 2. The van der Waals surface area contributed by atoms with Gasteiger partial charge >= 0.3 is 0 Å². The topological polar surface area (TPSA) is 115 Å². The van der Waals surface area contributed by atoms with E-state index in [1.807, 2.05) is 0 Å². The van der Waals surface area contributed by atoms with Gasteiger partial charge in [-0.2, -0.15) is 0 Å². The fraction of sp³-hybridized carbons (Fsp3) is 0.222. The van der Waals surface area contributed by atoms with Crippen LogP contribution in [0.4, 0.5) is 0 Å². The summed E-state index contributed by atoms with van der Waals surface area (Å²) in [5, 5.41) is 36.3. The van der Waals surface area contributed by atoms with Crippen LogP contribution >= 0.6 is 0 Å². The smallest absolute Gasteiger partial charge is 0.166 e. The standard InChI is InChI=1S/2C9H10O3/c2*1-2-8(11)7-4-3-6(10)5-9(7)12/h2*3-5,10,12H,2H2,1H3. The summed E-state index contributed by atoms with van der Waals surface area (Å²) < 4.78 is 0. The molecule has 0 aliphatic rings. The number of rotatable bonds is 4. The van der Waals surface area contributed by atoms with E-state index in [9.17, 15) is 19.8 Å². The zero-order valence-electron chi connectivity index (χ0n) is 13.5. The van der Waals surface area contributed by atoms with Crippen molar-refractivity contribution in [2.24, 2.45) is 0 Å². The van der Waals surface area contributed by atoms with Gasteiger partial charge in [-0.1, -0.05) is 13.8 Å². The number of Topliss-reactive ketones (excluding diaryl/α,β-unsaturated/α-hetero) is 2. The van der Waals surface area contributed by atoms with Crippen LogP contribution in [0.3, 0.4) is 0 Å². The number of carbonyl (C=O) groups excluding carboxylic acids is 2. The fourth-order valence-corrected chi connectivity index (χ4v) is 1.89. The molecule has 0 saturated carbocycles. The predicted molar refractivity (Wildman–Crippen MR) is 88.8 cm³/mol. The SMILES string of the molecule is CCC(=O)c1ccc(O)cc1O.CCC(=O)c1ccc(O)cc1O. The molecule has 0 heterocycles. The minimum Gasteiger partial charge on any atom is -0.508 e. The van der Waals surface area contributed by atoms with E-state index in [0.29, 0.717) is 12.8 Å². The number of hydrogen-bond donors (Lipinski definition) is 4. The van der Waals surface area contributed by atoms with Gasteiger partial charge < -0.3 is 20.4 Å². The molecule has 0 bridgehead atoms. The number of phenols is 4. The lowest BCUT2D eigenvalue weighted by molar-refractivity contribution is 0.0977. The van der Waals surface area contributed by atoms with E-state index in [0.717, 1.165) is 12.1 Å². The zero-order chi connectivity index (χ0) is 18.3. The molecular formula is C18H20O6. The van der Waals surface area contributed by atoms with Crippen molar-refractivity contribution in [1.82, 2.24) is 0 Å². The Labute approximate surface area is 139 Å². The van der Waals surface area contributed by atoms with Crippen LogP contribution < -0.4 is 0 Å². The molecule has 0 spiro atoms. The minimum absolute atomic E-state index is 0.0415. The molecule has 6 nitrogen and oxygen atoms in total. The van der Waals surface area contributed by atoms with E-state index in [2.05, 4.69) is 0 Å². The number of hydrogen-bond acceptors (Lipinski definition) is 6. The van der Waals surface area contributed by atoms with E-state index in [1.54, 1.807) is 13.8 Å². The summed E-state index contributed by atoms with van der Waals surface area (Å²) in [5.41, 5.74) is 0.519. The van der Waals surface area contributed by atoms with Gasteiger partial charge in [-0.25, -0.2) is 0 Å². The first-order chi connectivity index (χ1) is 11.3. The average Bonchev–Trinajstić information content (AvgIpc) is 2.54. The molecule has 0 aliphatic carbocycles. The van der Waals surface area contributed by atoms with Crippen LogP contribution in [0, 0.1) is 0 Å². The molecule has 0 fully saturated rings. The van der Waals surface area contributed by atoms with Crippen LogP contribution in [-0.4, -0.2) is 32.0 Å². The molecule has 0 atom stereocenters. The van der Waals surface area contributed by atoms with Crippen molar-refractivity contribution < 1.29 is 30.0 Å². The fourth-order valence-electron chi connectivity index (χ4n) is 1.89. The van der Waals surface area contributed by atoms with Gasteiger partial charge in [-0.05, 0) is 24.3 Å². The van der Waals surface area contributed by atoms with Crippen molar-refractivity contribution in [2.45, 2.75) is 26.7 Å². The lowest BCUT2D eigenvalue weighted by Crippen LogP contribution is -1.95. The van der Waals surface area contributed by atoms with Crippen molar-refractivity contribution >= 4 is 11.6 Å². The second-order valence-corrected chi connectivity index (χ2v) is 4.96. The molecule has 0 radical (unpaired) electrons. The first-order valence-electron chi connectivity index (χ1n) is 7.40. The summed E-state index contributed by atoms with van der Waals surface area (Å²) in [6, 6.07) is 7.89. The molecule has 0 unspecified atom stereocenters. The van der Waals surface area contributed by atoms with E-state index in [1.165, 1.54) is 24.3 Å². The van der Waals surface area contributed by atoms with Crippen LogP contribution in [0.15, 0.2) is 36.4 Å². The first kappa shape index (κ1) is 19.0. The second-order valence-electron chi connectivity index (χ2n) is 4.96. The molecule has 2 aromatic carbocycles. The van der Waals surface area contributed by atoms with Gasteiger partial charge in [0.05, 0.1) is 11.1 Å². The van der Waals surface area contributed by atoms with Crippen LogP contribution in [-0.2, 0) is 0 Å². The normalized spacial score (nSPS) is 9.75. The van der Waals surface area contributed by atoms with Gasteiger partial charge in [-0.15, -0.1) is 0 Å². The van der Waals surface area contributed by atoms with Gasteiger partial charge in [0.2, 0.25) is 0 Å². The third kappa shape index (κ3) is 5.01. The maximum Gasteiger partial charge on any atom is 0.166 e. The Morgan fingerprint density at radius 1 is 0.708 bits per heavy atom. The summed E-state index contributed by atoms with van der Waals surface area (Å²) >= 11 is 0. The predicted octanol–water partition coefficient (Wildman–Crippen LogP) is 3.38. The van der Waals surface area contributed by atoms with Gasteiger partial charge in [-0.3, -0.25) is 9.59 Å². The Hall–Kier alpha value is -3.02. The highest BCUT2D eigenvalue weighted by Gasteiger charge is 2.09. The molecule has 2 aromatic rings. The summed E-state index contributed by atoms with van der Waals surface area (Å²) in [7, 11) is 0. The van der Waals surface area contributed by atoms with E-state index in [4.69, 9.17) is 10.2 Å². The lowest BCUT2D eigenvalue weighted by atomic mass is 10.1. The molecule has 0 saturated heterocycles. The highest BCUT2D eigenvalue weighted by Crippen LogP contribution is 2.24. The maximum atomic E-state index is 11.1. The van der Waals surface area contributed by atoms with Gasteiger partial charge in [0.25, 0.3) is 0 Å². The number of benzene rings is 2. The molecule has 0 aromatic heterocycles. The summed E-state index contributed by atoms with van der Waals surface area (Å²) in [4.78, 5) is 22.2. The van der Waals surface area contributed by atoms with Gasteiger partial charge in [0.1, 0.15) is 23.0 Å². The van der Waals surface area contributed by atoms with Crippen molar-refractivity contribution in [3.8, 4) is 23.0 Å². The minimum atomic E-state index is -0.165. The number of aromatic hydroxyl groups is 4. The summed E-state index contributed by atoms with van der Waals surface area (Å²) in [6.45, 7) is 3.43. The highest BCUT2D eigenvalue weighted by molar-refractivity contribution is 5.99. The summed E-state index contributed by atoms with van der Waals surface area (Å²) in [6.07, 6.45) is 0.691. The third-order valence-electron chi connectivity index (χ3n) is 3.21. The molecular weight excluding hydrogens is 312 g/mol. The molecule has 2 rings (SSSR count). The van der Waals surface area contributed by atoms with Crippen LogP contribution in [0.2, 0.25) is 0 Å². The Morgan fingerprint density at radius 3 is 1.29 bits per heavy atom. The first-order valence-corrected chi connectivity index (χ1v) is 7.40. The molecule has 0 aliphatic heterocycles. The molecule has 4 N–H and O–H groups in total.